The summed E-state index contributed by atoms with van der Waals surface area (Å²) in [5, 5.41) is 0. The first-order chi connectivity index (χ1) is 15.2. The Balaban J connectivity index is 1.81. The summed E-state index contributed by atoms with van der Waals surface area (Å²) in [4.78, 5) is 37.7. The maximum absolute atomic E-state index is 13.8. The molecular weight excluding hydrogens is 413 g/mol. The van der Waals surface area contributed by atoms with Gasteiger partial charge in [-0.05, 0) is 57.4 Å². The van der Waals surface area contributed by atoms with Crippen LogP contribution >= 0.6 is 0 Å². The zero-order valence-electron chi connectivity index (χ0n) is 18.5. The summed E-state index contributed by atoms with van der Waals surface area (Å²) in [5.41, 5.74) is -0.726. The fourth-order valence-corrected chi connectivity index (χ4v) is 3.95. The predicted octanol–water partition coefficient (Wildman–Crippen LogP) is 5.00. The molecule has 2 aromatic rings. The minimum absolute atomic E-state index is 0.0872. The number of rotatable bonds is 7. The number of halogens is 1. The molecular formula is C25H28FNO5. The molecule has 0 spiro atoms. The number of hydrogen-bond donors (Lipinski definition) is 0. The summed E-state index contributed by atoms with van der Waals surface area (Å²) in [7, 11) is 0. The predicted molar refractivity (Wildman–Crippen MR) is 117 cm³/mol. The van der Waals surface area contributed by atoms with Crippen molar-refractivity contribution in [3.8, 4) is 5.75 Å². The monoisotopic (exact) mass is 441 g/mol. The van der Waals surface area contributed by atoms with E-state index < -0.39 is 23.3 Å². The van der Waals surface area contributed by atoms with E-state index in [1.807, 2.05) is 0 Å². The molecule has 3 rings (SSSR count). The van der Waals surface area contributed by atoms with Crippen molar-refractivity contribution < 1.29 is 28.2 Å². The van der Waals surface area contributed by atoms with E-state index >= 15 is 0 Å². The van der Waals surface area contributed by atoms with Crippen LogP contribution in [0.2, 0.25) is 0 Å². The highest BCUT2D eigenvalue weighted by molar-refractivity contribution is 5.81. The molecule has 0 radical (unpaired) electrons. The Bertz CT molecular complexity index is 969. The molecule has 1 amide bonds. The summed E-state index contributed by atoms with van der Waals surface area (Å²) >= 11 is 0. The number of amides is 1. The van der Waals surface area contributed by atoms with Crippen LogP contribution in [0.1, 0.15) is 57.2 Å². The lowest BCUT2D eigenvalue weighted by atomic mass is 9.95. The van der Waals surface area contributed by atoms with Crippen LogP contribution in [0.15, 0.2) is 48.5 Å². The molecule has 32 heavy (non-hydrogen) atoms. The Morgan fingerprint density at radius 3 is 2.44 bits per heavy atom. The minimum atomic E-state index is -1.23. The lowest BCUT2D eigenvalue weighted by molar-refractivity contribution is -0.122. The van der Waals surface area contributed by atoms with Crippen LogP contribution in [0.4, 0.5) is 9.18 Å². The second kappa shape index (κ2) is 9.51. The fourth-order valence-electron chi connectivity index (χ4n) is 3.95. The van der Waals surface area contributed by atoms with Crippen molar-refractivity contribution in [1.29, 1.82) is 0 Å². The molecule has 170 valence electrons. The molecule has 1 fully saturated rings. The number of benzene rings is 2. The average molecular weight is 441 g/mol. The van der Waals surface area contributed by atoms with Gasteiger partial charge in [0.25, 0.3) is 0 Å². The number of likely N-dealkylation sites (tertiary alicyclic amines) is 1. The summed E-state index contributed by atoms with van der Waals surface area (Å²) in [6, 6.07) is 13.1. The molecule has 1 saturated heterocycles. The first-order valence-electron chi connectivity index (χ1n) is 10.6. The van der Waals surface area contributed by atoms with Crippen LogP contribution in [0.3, 0.4) is 0 Å². The van der Waals surface area contributed by atoms with Crippen molar-refractivity contribution in [3.05, 3.63) is 65.5 Å². The molecule has 0 aromatic heterocycles. The van der Waals surface area contributed by atoms with Gasteiger partial charge < -0.3 is 19.1 Å². The Labute approximate surface area is 187 Å². The van der Waals surface area contributed by atoms with E-state index in [9.17, 15) is 18.8 Å². The molecule has 1 aliphatic heterocycles. The highest BCUT2D eigenvalue weighted by Gasteiger charge is 2.50. The molecule has 0 saturated carbocycles. The molecule has 1 heterocycles. The second-order valence-electron chi connectivity index (χ2n) is 8.95. The lowest BCUT2D eigenvalue weighted by Crippen LogP contribution is -2.51. The first-order valence-corrected chi connectivity index (χ1v) is 10.6. The molecule has 2 aromatic carbocycles. The third kappa shape index (κ3) is 5.15. The van der Waals surface area contributed by atoms with Crippen molar-refractivity contribution in [2.75, 3.05) is 0 Å². The van der Waals surface area contributed by atoms with E-state index in [4.69, 9.17) is 9.47 Å². The number of hydrogen-bond acceptors (Lipinski definition) is 5. The van der Waals surface area contributed by atoms with Crippen LogP contribution in [-0.4, -0.2) is 34.7 Å². The van der Waals surface area contributed by atoms with Crippen LogP contribution in [0, 0.1) is 5.82 Å². The van der Waals surface area contributed by atoms with Crippen molar-refractivity contribution >= 4 is 18.7 Å². The van der Waals surface area contributed by atoms with E-state index in [0.717, 1.165) is 5.56 Å². The van der Waals surface area contributed by atoms with Gasteiger partial charge in [-0.2, -0.15) is 0 Å². The number of ether oxygens (including phenoxy) is 2. The molecule has 0 bridgehead atoms. The smallest absolute Gasteiger partial charge is 0.411 e. The molecule has 7 heteroatoms. The van der Waals surface area contributed by atoms with Crippen LogP contribution < -0.4 is 4.74 Å². The quantitative estimate of drug-likeness (QED) is 0.565. The second-order valence-corrected chi connectivity index (χ2v) is 8.95. The normalized spacial score (nSPS) is 20.6. The topological polar surface area (TPSA) is 72.9 Å². The van der Waals surface area contributed by atoms with Gasteiger partial charge in [0.1, 0.15) is 41.9 Å². The average Bonchev–Trinajstić information content (AvgIpc) is 3.12. The van der Waals surface area contributed by atoms with Crippen LogP contribution in [0.5, 0.6) is 5.75 Å². The summed E-state index contributed by atoms with van der Waals surface area (Å²) in [6.45, 7) is 5.34. The van der Waals surface area contributed by atoms with Gasteiger partial charge in [-0.15, -0.1) is 0 Å². The van der Waals surface area contributed by atoms with Gasteiger partial charge in [0, 0.05) is 12.0 Å². The molecule has 0 unspecified atom stereocenters. The highest BCUT2D eigenvalue weighted by Crippen LogP contribution is 2.44. The highest BCUT2D eigenvalue weighted by atomic mass is 19.1. The fraction of sp³-hybridized carbons (Fsp3) is 0.400. The Morgan fingerprint density at radius 1 is 1.16 bits per heavy atom. The summed E-state index contributed by atoms with van der Waals surface area (Å²) in [5.74, 6) is 0.219. The maximum atomic E-state index is 13.8. The Morgan fingerprint density at radius 2 is 1.84 bits per heavy atom. The number of aldehydes is 2. The number of carbonyl (C=O) groups is 3. The molecule has 0 aliphatic carbocycles. The Hall–Kier alpha value is -3.22. The van der Waals surface area contributed by atoms with E-state index in [1.165, 1.54) is 11.0 Å². The van der Waals surface area contributed by atoms with Gasteiger partial charge in [-0.25, -0.2) is 9.18 Å². The largest absolute Gasteiger partial charge is 0.489 e. The van der Waals surface area contributed by atoms with E-state index in [-0.39, 0.29) is 18.8 Å². The Kier molecular flexibility index (Phi) is 6.96. The summed E-state index contributed by atoms with van der Waals surface area (Å²) in [6.07, 6.45) is 1.50. The van der Waals surface area contributed by atoms with Gasteiger partial charge in [0.2, 0.25) is 0 Å². The van der Waals surface area contributed by atoms with E-state index in [0.29, 0.717) is 36.7 Å². The minimum Gasteiger partial charge on any atom is -0.489 e. The van der Waals surface area contributed by atoms with E-state index in [1.54, 1.807) is 63.2 Å². The lowest BCUT2D eigenvalue weighted by Gasteiger charge is -2.37. The van der Waals surface area contributed by atoms with Gasteiger partial charge in [0.15, 0.2) is 0 Å². The standard InChI is InChI=1S/C25H28FNO5/c1-24(2,3)32-23(30)27-22(12-13-25(27,17-29)14-15-28)18-8-10-20(11-9-18)31-16-19-6-4-5-7-21(19)26/h4-11,15,17,22H,12-14,16H2,1-3H3/t22-,25-/m1/s1. The molecule has 6 nitrogen and oxygen atoms in total. The zero-order valence-corrected chi connectivity index (χ0v) is 18.5. The van der Waals surface area contributed by atoms with Gasteiger partial charge in [-0.3, -0.25) is 4.90 Å². The SMILES string of the molecule is CC(C)(C)OC(=O)N1[C@@H](c2ccc(OCc3ccccc3F)cc2)CC[C@]1(C=O)CC=O. The third-order valence-electron chi connectivity index (χ3n) is 5.51. The van der Waals surface area contributed by atoms with Crippen molar-refractivity contribution in [3.63, 3.8) is 0 Å². The van der Waals surface area contributed by atoms with Crippen molar-refractivity contribution in [1.82, 2.24) is 4.90 Å². The molecule has 1 aliphatic rings. The van der Waals surface area contributed by atoms with Crippen LogP contribution in [-0.2, 0) is 20.9 Å². The molecule has 2 atom stereocenters. The van der Waals surface area contributed by atoms with Crippen LogP contribution in [0.25, 0.3) is 0 Å². The summed E-state index contributed by atoms with van der Waals surface area (Å²) < 4.78 is 25.0. The van der Waals surface area contributed by atoms with Gasteiger partial charge in [-0.1, -0.05) is 30.3 Å². The zero-order chi connectivity index (χ0) is 23.4. The van der Waals surface area contributed by atoms with Gasteiger partial charge in [0.05, 0.1) is 6.04 Å². The van der Waals surface area contributed by atoms with Gasteiger partial charge >= 0.3 is 6.09 Å². The van der Waals surface area contributed by atoms with E-state index in [2.05, 4.69) is 0 Å². The first kappa shape index (κ1) is 23.4. The number of nitrogens with zero attached hydrogens (tertiary/aromatic N) is 1. The molecule has 0 N–H and O–H groups in total. The third-order valence-corrected chi connectivity index (χ3v) is 5.51. The maximum Gasteiger partial charge on any atom is 0.411 e. The van der Waals surface area contributed by atoms with Crippen molar-refractivity contribution in [2.24, 2.45) is 0 Å². The number of carbonyl (C=O) groups excluding carboxylic acids is 3. The van der Waals surface area contributed by atoms with Crippen molar-refractivity contribution in [2.45, 2.75) is 63.8 Å².